The zero-order valence-electron chi connectivity index (χ0n) is 10.8. The number of hydrogen-bond donors (Lipinski definition) is 0. The number of hydrogen-bond acceptors (Lipinski definition) is 2. The number of halogens is 1. The molecule has 0 N–H and O–H groups in total. The smallest absolute Gasteiger partial charge is 0.287 e. The third-order valence-corrected chi connectivity index (χ3v) is 3.05. The van der Waals surface area contributed by atoms with E-state index in [1.807, 2.05) is 0 Å². The summed E-state index contributed by atoms with van der Waals surface area (Å²) in [7, 11) is 0. The summed E-state index contributed by atoms with van der Waals surface area (Å²) in [4.78, 5) is 0. The van der Waals surface area contributed by atoms with Crippen LogP contribution in [0.4, 0.5) is 0 Å². The van der Waals surface area contributed by atoms with Gasteiger partial charge in [0.25, 0.3) is 4.30 Å². The van der Waals surface area contributed by atoms with Gasteiger partial charge in [-0.15, -0.1) is 0 Å². The molecular weight excluding hydrogens is 315 g/mol. The predicted octanol–water partition coefficient (Wildman–Crippen LogP) is 5.06. The molecule has 0 heterocycles. The minimum atomic E-state index is 0.714. The maximum Gasteiger partial charge on any atom is 0.287 e. The number of rotatable bonds is 12. The zero-order chi connectivity index (χ0) is 12.1. The Balaban J connectivity index is 3.09. The summed E-state index contributed by atoms with van der Waals surface area (Å²) in [5.41, 5.74) is 0. The first-order valence-corrected chi connectivity index (χ1v) is 7.67. The van der Waals surface area contributed by atoms with Crippen LogP contribution < -0.4 is 0 Å². The van der Waals surface area contributed by atoms with E-state index in [0.29, 0.717) is 4.30 Å². The van der Waals surface area contributed by atoms with E-state index < -0.39 is 0 Å². The topological polar surface area (TPSA) is 18.5 Å². The molecule has 0 saturated carbocycles. The van der Waals surface area contributed by atoms with Gasteiger partial charge >= 0.3 is 0 Å². The molecule has 0 aromatic carbocycles. The molecule has 97 valence electrons. The highest BCUT2D eigenvalue weighted by molar-refractivity contribution is 14.1. The Labute approximate surface area is 115 Å². The van der Waals surface area contributed by atoms with Crippen molar-refractivity contribution in [3.8, 4) is 0 Å². The van der Waals surface area contributed by atoms with Crippen molar-refractivity contribution in [2.24, 2.45) is 0 Å². The summed E-state index contributed by atoms with van der Waals surface area (Å²) in [5.74, 6) is 0. The highest BCUT2D eigenvalue weighted by Gasteiger charge is 2.05. The Hall–Kier alpha value is 0.650. The van der Waals surface area contributed by atoms with Gasteiger partial charge in [0.1, 0.15) is 0 Å². The van der Waals surface area contributed by atoms with E-state index >= 15 is 0 Å². The minimum Gasteiger partial charge on any atom is -0.337 e. The molecule has 0 aliphatic heterocycles. The van der Waals surface area contributed by atoms with E-state index in [1.165, 1.54) is 38.5 Å². The monoisotopic (exact) mass is 341 g/mol. The van der Waals surface area contributed by atoms with Gasteiger partial charge in [-0.1, -0.05) is 52.4 Å². The van der Waals surface area contributed by atoms with E-state index in [2.05, 4.69) is 36.4 Å². The molecule has 0 amide bonds. The van der Waals surface area contributed by atoms with E-state index in [9.17, 15) is 0 Å². The quantitative estimate of drug-likeness (QED) is 0.365. The molecule has 0 saturated heterocycles. The molecule has 0 fully saturated rings. The Bertz CT molecular complexity index is 117. The van der Waals surface area contributed by atoms with Crippen LogP contribution in [0.3, 0.4) is 0 Å². The van der Waals surface area contributed by atoms with Crippen molar-refractivity contribution in [1.82, 2.24) is 0 Å². The van der Waals surface area contributed by atoms with Crippen molar-refractivity contribution in [3.63, 3.8) is 0 Å². The minimum absolute atomic E-state index is 0.714. The maximum absolute atomic E-state index is 5.48. The third kappa shape index (κ3) is 12.7. The highest BCUT2D eigenvalue weighted by Crippen LogP contribution is 2.16. The van der Waals surface area contributed by atoms with Crippen molar-refractivity contribution in [2.45, 2.75) is 65.2 Å². The summed E-state index contributed by atoms with van der Waals surface area (Å²) < 4.78 is 11.7. The summed E-state index contributed by atoms with van der Waals surface area (Å²) in [6.07, 6.45) is 9.95. The molecular formula is C13H26IO2. The van der Waals surface area contributed by atoms with Crippen LogP contribution in [0.25, 0.3) is 0 Å². The summed E-state index contributed by atoms with van der Waals surface area (Å²) >= 11 is 2.14. The van der Waals surface area contributed by atoms with Gasteiger partial charge in [-0.2, -0.15) is 0 Å². The third-order valence-electron chi connectivity index (χ3n) is 2.43. The SMILES string of the molecule is CCCCCCO[C](I)OCCCCCC. The van der Waals surface area contributed by atoms with Crippen LogP contribution in [0, 0.1) is 4.30 Å². The summed E-state index contributed by atoms with van der Waals surface area (Å²) in [6, 6.07) is 0. The zero-order valence-corrected chi connectivity index (χ0v) is 12.9. The fourth-order valence-electron chi connectivity index (χ4n) is 1.40. The first-order chi connectivity index (χ1) is 7.81. The molecule has 0 aromatic heterocycles. The first kappa shape index (κ1) is 16.6. The van der Waals surface area contributed by atoms with Gasteiger partial charge in [-0.05, 0) is 35.4 Å². The Morgan fingerprint density at radius 1 is 0.750 bits per heavy atom. The number of ether oxygens (including phenoxy) is 2. The van der Waals surface area contributed by atoms with Gasteiger partial charge in [0.05, 0.1) is 13.2 Å². The summed E-state index contributed by atoms with van der Waals surface area (Å²) in [5, 5.41) is 0. The molecule has 0 rings (SSSR count). The molecule has 2 nitrogen and oxygen atoms in total. The highest BCUT2D eigenvalue weighted by atomic mass is 127. The van der Waals surface area contributed by atoms with Crippen molar-refractivity contribution >= 4 is 22.6 Å². The lowest BCUT2D eigenvalue weighted by Gasteiger charge is -2.10. The lowest BCUT2D eigenvalue weighted by Crippen LogP contribution is -2.04. The lowest BCUT2D eigenvalue weighted by atomic mass is 10.2. The molecule has 0 aliphatic rings. The fourth-order valence-corrected chi connectivity index (χ4v) is 1.84. The van der Waals surface area contributed by atoms with Crippen LogP contribution in [0.2, 0.25) is 0 Å². The Morgan fingerprint density at radius 3 is 1.56 bits per heavy atom. The van der Waals surface area contributed by atoms with Crippen molar-refractivity contribution in [1.29, 1.82) is 0 Å². The molecule has 1 radical (unpaired) electrons. The predicted molar refractivity (Wildman–Crippen MR) is 77.5 cm³/mol. The molecule has 0 aromatic rings. The second-order valence-corrected chi connectivity index (χ2v) is 4.94. The van der Waals surface area contributed by atoms with Gasteiger partial charge < -0.3 is 9.47 Å². The molecule has 0 spiro atoms. The van der Waals surface area contributed by atoms with Crippen LogP contribution in [0.5, 0.6) is 0 Å². The van der Waals surface area contributed by atoms with E-state index in [0.717, 1.165) is 26.1 Å². The van der Waals surface area contributed by atoms with Crippen LogP contribution in [-0.2, 0) is 9.47 Å². The van der Waals surface area contributed by atoms with Gasteiger partial charge in [-0.25, -0.2) is 0 Å². The molecule has 16 heavy (non-hydrogen) atoms. The van der Waals surface area contributed by atoms with Gasteiger partial charge in [0, 0.05) is 0 Å². The lowest BCUT2D eigenvalue weighted by molar-refractivity contribution is 0.00830. The van der Waals surface area contributed by atoms with Gasteiger partial charge in [0.15, 0.2) is 0 Å². The summed E-state index contributed by atoms with van der Waals surface area (Å²) in [6.45, 7) is 6.03. The molecule has 3 heteroatoms. The average Bonchev–Trinajstić information content (AvgIpc) is 2.28. The normalized spacial score (nSPS) is 11.2. The Morgan fingerprint density at radius 2 is 1.19 bits per heavy atom. The second kappa shape index (κ2) is 13.7. The largest absolute Gasteiger partial charge is 0.337 e. The molecule has 0 aliphatic carbocycles. The number of unbranched alkanes of at least 4 members (excludes halogenated alkanes) is 6. The van der Waals surface area contributed by atoms with Crippen molar-refractivity contribution in [2.75, 3.05) is 13.2 Å². The Kier molecular flexibility index (Phi) is 14.3. The second-order valence-electron chi connectivity index (χ2n) is 4.06. The van der Waals surface area contributed by atoms with E-state index in [4.69, 9.17) is 9.47 Å². The van der Waals surface area contributed by atoms with Crippen LogP contribution >= 0.6 is 22.6 Å². The van der Waals surface area contributed by atoms with E-state index in [1.54, 1.807) is 0 Å². The van der Waals surface area contributed by atoms with Crippen molar-refractivity contribution in [3.05, 3.63) is 4.30 Å². The fraction of sp³-hybridized carbons (Fsp3) is 0.923. The van der Waals surface area contributed by atoms with Gasteiger partial charge in [0.2, 0.25) is 0 Å². The van der Waals surface area contributed by atoms with E-state index in [-0.39, 0.29) is 0 Å². The maximum atomic E-state index is 5.48. The van der Waals surface area contributed by atoms with Crippen LogP contribution in [0.1, 0.15) is 65.2 Å². The average molecular weight is 341 g/mol. The van der Waals surface area contributed by atoms with Crippen molar-refractivity contribution < 1.29 is 9.47 Å². The first-order valence-electron chi connectivity index (χ1n) is 6.59. The molecule has 0 unspecified atom stereocenters. The van der Waals surface area contributed by atoms with Crippen LogP contribution in [-0.4, -0.2) is 13.2 Å². The van der Waals surface area contributed by atoms with Crippen LogP contribution in [0.15, 0.2) is 0 Å². The van der Waals surface area contributed by atoms with Gasteiger partial charge in [-0.3, -0.25) is 0 Å². The standard InChI is InChI=1S/C13H26IO2/c1-3-5-7-9-11-15-13(14)16-12-10-8-6-4-2/h3-12H2,1-2H3. The molecule has 0 bridgehead atoms. The molecule has 0 atom stereocenters.